The Morgan fingerprint density at radius 2 is 2.03 bits per heavy atom. The summed E-state index contributed by atoms with van der Waals surface area (Å²) in [5.74, 6) is 0.306. The maximum absolute atomic E-state index is 12.6. The highest BCUT2D eigenvalue weighted by Crippen LogP contribution is 2.33. The third-order valence-electron chi connectivity index (χ3n) is 5.85. The van der Waals surface area contributed by atoms with Crippen LogP contribution >= 0.6 is 22.9 Å². The van der Waals surface area contributed by atoms with Crippen molar-refractivity contribution in [2.45, 2.75) is 30.3 Å². The van der Waals surface area contributed by atoms with Crippen LogP contribution in [0.1, 0.15) is 24.9 Å². The fourth-order valence-electron chi connectivity index (χ4n) is 3.98. The maximum atomic E-state index is 12.6. The first-order valence-corrected chi connectivity index (χ1v) is 12.9. The highest BCUT2D eigenvalue weighted by molar-refractivity contribution is 7.92. The first-order chi connectivity index (χ1) is 14.8. The number of halogens is 1. The molecule has 1 fully saturated rings. The monoisotopic (exact) mass is 476 g/mol. The normalized spacial score (nSPS) is 18.1. The van der Waals surface area contributed by atoms with Gasteiger partial charge in [-0.25, -0.2) is 13.4 Å². The first kappa shape index (κ1) is 22.1. The zero-order valence-electron chi connectivity index (χ0n) is 17.4. The lowest BCUT2D eigenvalue weighted by Gasteiger charge is -2.30. The summed E-state index contributed by atoms with van der Waals surface area (Å²) in [5.41, 5.74) is 3.71. The molecule has 6 nitrogen and oxygen atoms in total. The first-order valence-electron chi connectivity index (χ1n) is 10.1. The van der Waals surface area contributed by atoms with E-state index in [2.05, 4.69) is 50.7 Å². The lowest BCUT2D eigenvalue weighted by Crippen LogP contribution is -2.35. The molecule has 0 saturated carbocycles. The summed E-state index contributed by atoms with van der Waals surface area (Å²) in [4.78, 5) is 8.72. The van der Waals surface area contributed by atoms with Crippen LogP contribution in [-0.2, 0) is 10.0 Å². The molecule has 0 amide bonds. The van der Waals surface area contributed by atoms with E-state index in [1.807, 2.05) is 13.1 Å². The fourth-order valence-corrected chi connectivity index (χ4v) is 5.94. The van der Waals surface area contributed by atoms with Gasteiger partial charge in [-0.05, 0) is 37.1 Å². The molecule has 164 valence electrons. The van der Waals surface area contributed by atoms with Crippen LogP contribution in [0.2, 0.25) is 5.02 Å². The zero-order valence-corrected chi connectivity index (χ0v) is 19.8. The van der Waals surface area contributed by atoms with Gasteiger partial charge in [0.15, 0.2) is 5.82 Å². The van der Waals surface area contributed by atoms with Crippen LogP contribution in [0.25, 0.3) is 0 Å². The molecule has 0 bridgehead atoms. The Labute approximate surface area is 192 Å². The van der Waals surface area contributed by atoms with E-state index in [1.165, 1.54) is 23.0 Å². The van der Waals surface area contributed by atoms with Crippen molar-refractivity contribution in [1.29, 1.82) is 0 Å². The van der Waals surface area contributed by atoms with Crippen LogP contribution in [0.4, 0.5) is 11.5 Å². The summed E-state index contributed by atoms with van der Waals surface area (Å²) in [7, 11) is -1.72. The van der Waals surface area contributed by atoms with Crippen LogP contribution in [0.3, 0.4) is 0 Å². The summed E-state index contributed by atoms with van der Waals surface area (Å²) < 4.78 is 27.7. The zero-order chi connectivity index (χ0) is 22.0. The Morgan fingerprint density at radius 1 is 1.26 bits per heavy atom. The van der Waals surface area contributed by atoms with Gasteiger partial charge in [-0.1, -0.05) is 41.9 Å². The lowest BCUT2D eigenvalue weighted by atomic mass is 10.1. The van der Waals surface area contributed by atoms with Gasteiger partial charge >= 0.3 is 0 Å². The van der Waals surface area contributed by atoms with E-state index in [0.717, 1.165) is 25.2 Å². The molecule has 3 aromatic rings. The predicted molar refractivity (Wildman–Crippen MR) is 128 cm³/mol. The van der Waals surface area contributed by atoms with Gasteiger partial charge in [-0.3, -0.25) is 9.62 Å². The van der Waals surface area contributed by atoms with E-state index in [4.69, 9.17) is 11.6 Å². The Hall–Kier alpha value is -2.13. The molecule has 2 atom stereocenters. The van der Waals surface area contributed by atoms with Crippen LogP contribution in [0.5, 0.6) is 0 Å². The predicted octanol–water partition coefficient (Wildman–Crippen LogP) is 4.87. The molecular formula is C22H25ClN4O2S2. The van der Waals surface area contributed by atoms with Crippen molar-refractivity contribution in [1.82, 2.24) is 9.88 Å². The Morgan fingerprint density at radius 3 is 2.71 bits per heavy atom. The molecule has 1 aliphatic rings. The molecule has 1 aliphatic heterocycles. The fraction of sp³-hybridized carbons (Fsp3) is 0.318. The minimum Gasteiger partial charge on any atom is -0.369 e. The van der Waals surface area contributed by atoms with Gasteiger partial charge in [-0.2, -0.15) is 0 Å². The third-order valence-corrected chi connectivity index (χ3v) is 8.09. The van der Waals surface area contributed by atoms with E-state index >= 15 is 0 Å². The van der Waals surface area contributed by atoms with Crippen molar-refractivity contribution in [3.05, 3.63) is 70.0 Å². The average molecular weight is 477 g/mol. The third kappa shape index (κ3) is 4.87. The van der Waals surface area contributed by atoms with Gasteiger partial charge in [0.05, 0.1) is 21.1 Å². The van der Waals surface area contributed by atoms with Gasteiger partial charge in [0.25, 0.3) is 10.0 Å². The van der Waals surface area contributed by atoms with Crippen molar-refractivity contribution in [3.63, 3.8) is 0 Å². The Bertz CT molecular complexity index is 1120. The highest BCUT2D eigenvalue weighted by Gasteiger charge is 2.30. The standard InChI is InChI=1S/C22H25ClN4O2S2/c1-16(17-6-4-3-5-7-17)27-11-10-18(13-27)26(2)21-9-8-19(12-20(21)23)31(28,29)25-22-14-30-15-24-22/h3-9,12,14-16,18,25H,10-11,13H2,1-2H3/t16-,18?/m0/s1. The van der Waals surface area contributed by atoms with Crippen molar-refractivity contribution >= 4 is 44.5 Å². The number of sulfonamides is 1. The van der Waals surface area contributed by atoms with Crippen LogP contribution in [0, 0.1) is 0 Å². The van der Waals surface area contributed by atoms with Crippen molar-refractivity contribution in [2.75, 3.05) is 29.8 Å². The van der Waals surface area contributed by atoms with Crippen molar-refractivity contribution < 1.29 is 8.42 Å². The molecule has 2 heterocycles. The number of hydrogen-bond acceptors (Lipinski definition) is 6. The molecule has 0 aliphatic carbocycles. The number of aromatic nitrogens is 1. The summed E-state index contributed by atoms with van der Waals surface area (Å²) in [5, 5.41) is 2.06. The molecule has 1 aromatic heterocycles. The highest BCUT2D eigenvalue weighted by atomic mass is 35.5. The SMILES string of the molecule is C[C@@H](c1ccccc1)N1CCC(N(C)c2ccc(S(=O)(=O)Nc3cscn3)cc2Cl)C1. The van der Waals surface area contributed by atoms with Gasteiger partial charge in [-0.15, -0.1) is 11.3 Å². The van der Waals surface area contributed by atoms with Gasteiger partial charge in [0.2, 0.25) is 0 Å². The smallest absolute Gasteiger partial charge is 0.263 e. The topological polar surface area (TPSA) is 65.5 Å². The second-order valence-corrected chi connectivity index (χ2v) is 10.5. The van der Waals surface area contributed by atoms with Crippen LogP contribution < -0.4 is 9.62 Å². The second kappa shape index (κ2) is 9.16. The van der Waals surface area contributed by atoms with Crippen molar-refractivity contribution in [2.24, 2.45) is 0 Å². The van der Waals surface area contributed by atoms with Crippen LogP contribution in [0.15, 0.2) is 64.3 Å². The van der Waals surface area contributed by atoms with E-state index in [9.17, 15) is 8.42 Å². The number of hydrogen-bond donors (Lipinski definition) is 1. The number of likely N-dealkylation sites (tertiary alicyclic amines) is 1. The molecule has 31 heavy (non-hydrogen) atoms. The van der Waals surface area contributed by atoms with Gasteiger partial charge in [0, 0.05) is 37.6 Å². The Balaban J connectivity index is 1.46. The summed E-state index contributed by atoms with van der Waals surface area (Å²) in [6.07, 6.45) is 1.02. The van der Waals surface area contributed by atoms with Crippen LogP contribution in [-0.4, -0.2) is 44.5 Å². The largest absolute Gasteiger partial charge is 0.369 e. The average Bonchev–Trinajstić information content (AvgIpc) is 3.45. The summed E-state index contributed by atoms with van der Waals surface area (Å²) >= 11 is 7.85. The van der Waals surface area contributed by atoms with E-state index in [1.54, 1.807) is 23.0 Å². The molecule has 1 saturated heterocycles. The lowest BCUT2D eigenvalue weighted by molar-refractivity contribution is 0.259. The number of nitrogens with zero attached hydrogens (tertiary/aromatic N) is 3. The maximum Gasteiger partial charge on any atom is 0.263 e. The van der Waals surface area contributed by atoms with Gasteiger partial charge in [0.1, 0.15) is 0 Å². The number of benzene rings is 2. The number of likely N-dealkylation sites (N-methyl/N-ethyl adjacent to an activating group) is 1. The minimum absolute atomic E-state index is 0.119. The molecule has 9 heteroatoms. The number of thiazole rings is 1. The molecule has 1 unspecified atom stereocenters. The molecular weight excluding hydrogens is 452 g/mol. The minimum atomic E-state index is -3.73. The van der Waals surface area contributed by atoms with E-state index in [-0.39, 0.29) is 4.90 Å². The Kier molecular flexibility index (Phi) is 6.52. The number of anilines is 2. The number of nitrogens with one attached hydrogen (secondary N) is 1. The number of rotatable bonds is 7. The van der Waals surface area contributed by atoms with Gasteiger partial charge < -0.3 is 4.90 Å². The van der Waals surface area contributed by atoms with E-state index in [0.29, 0.717) is 22.9 Å². The molecule has 0 spiro atoms. The molecule has 4 rings (SSSR count). The van der Waals surface area contributed by atoms with Crippen molar-refractivity contribution in [3.8, 4) is 0 Å². The molecule has 2 aromatic carbocycles. The quantitative estimate of drug-likeness (QED) is 0.527. The molecule has 0 radical (unpaired) electrons. The summed E-state index contributed by atoms with van der Waals surface area (Å²) in [6.45, 7) is 4.17. The second-order valence-electron chi connectivity index (χ2n) is 7.73. The summed E-state index contributed by atoms with van der Waals surface area (Å²) in [6, 6.07) is 16.0. The molecule has 1 N–H and O–H groups in total. The van der Waals surface area contributed by atoms with E-state index < -0.39 is 10.0 Å².